The van der Waals surface area contributed by atoms with Gasteiger partial charge in [0.05, 0.1) is 0 Å². The molecule has 0 unspecified atom stereocenters. The molecule has 0 aromatic rings. The molecule has 0 aliphatic carbocycles. The Morgan fingerprint density at radius 3 is 2.80 bits per heavy atom. The normalized spacial score (nSPS) is 34.8. The van der Waals surface area contributed by atoms with Gasteiger partial charge in [-0.15, -0.1) is 0 Å². The third-order valence-electron chi connectivity index (χ3n) is 2.11. The first-order chi connectivity index (χ1) is 4.70. The Morgan fingerprint density at radius 2 is 2.10 bits per heavy atom. The van der Waals surface area contributed by atoms with Crippen LogP contribution < -0.4 is 5.32 Å². The second kappa shape index (κ2) is 3.04. The number of hydrogen-bond acceptors (Lipinski definition) is 1. The van der Waals surface area contributed by atoms with Gasteiger partial charge in [0.1, 0.15) is 0 Å². The quantitative estimate of drug-likeness (QED) is 0.541. The zero-order valence-corrected chi connectivity index (χ0v) is 6.68. The first kappa shape index (κ1) is 7.58. The molecule has 1 N–H and O–H groups in total. The summed E-state index contributed by atoms with van der Waals surface area (Å²) in [6.45, 7) is 4.06. The molecule has 2 atom stereocenters. The van der Waals surface area contributed by atoms with Crippen molar-refractivity contribution < 1.29 is 4.79 Å². The van der Waals surface area contributed by atoms with Crippen molar-refractivity contribution in [2.75, 3.05) is 0 Å². The SMILES string of the molecule is C[C@H]1CCC[C@H](C)C(=O)N1. The third kappa shape index (κ3) is 1.72. The summed E-state index contributed by atoms with van der Waals surface area (Å²) in [5.41, 5.74) is 0. The summed E-state index contributed by atoms with van der Waals surface area (Å²) in [5, 5.41) is 2.95. The van der Waals surface area contributed by atoms with Crippen molar-refractivity contribution >= 4 is 5.91 Å². The molecule has 10 heavy (non-hydrogen) atoms. The molecule has 1 amide bonds. The van der Waals surface area contributed by atoms with Crippen LogP contribution in [0.2, 0.25) is 0 Å². The van der Waals surface area contributed by atoms with E-state index >= 15 is 0 Å². The highest BCUT2D eigenvalue weighted by Gasteiger charge is 2.18. The molecule has 1 saturated heterocycles. The molecule has 1 fully saturated rings. The molecular weight excluding hydrogens is 126 g/mol. The fraction of sp³-hybridized carbons (Fsp3) is 0.875. The fourth-order valence-corrected chi connectivity index (χ4v) is 1.32. The van der Waals surface area contributed by atoms with Crippen LogP contribution in [0.3, 0.4) is 0 Å². The van der Waals surface area contributed by atoms with Gasteiger partial charge in [-0.3, -0.25) is 4.79 Å². The Bertz CT molecular complexity index is 133. The summed E-state index contributed by atoms with van der Waals surface area (Å²) in [4.78, 5) is 11.1. The lowest BCUT2D eigenvalue weighted by molar-refractivity contribution is -0.124. The Morgan fingerprint density at radius 1 is 1.40 bits per heavy atom. The maximum absolute atomic E-state index is 11.1. The van der Waals surface area contributed by atoms with E-state index in [9.17, 15) is 4.79 Å². The highest BCUT2D eigenvalue weighted by Crippen LogP contribution is 2.13. The monoisotopic (exact) mass is 141 g/mol. The van der Waals surface area contributed by atoms with Crippen LogP contribution in [0.5, 0.6) is 0 Å². The molecule has 1 aliphatic rings. The molecule has 0 radical (unpaired) electrons. The number of rotatable bonds is 0. The van der Waals surface area contributed by atoms with Crippen LogP contribution >= 0.6 is 0 Å². The molecule has 58 valence electrons. The second-order valence-electron chi connectivity index (χ2n) is 3.24. The van der Waals surface area contributed by atoms with Crippen LogP contribution in [-0.4, -0.2) is 11.9 Å². The van der Waals surface area contributed by atoms with E-state index in [-0.39, 0.29) is 11.8 Å². The number of carbonyl (C=O) groups excluding carboxylic acids is 1. The van der Waals surface area contributed by atoms with Crippen LogP contribution in [-0.2, 0) is 4.79 Å². The Kier molecular flexibility index (Phi) is 2.30. The van der Waals surface area contributed by atoms with E-state index in [1.807, 2.05) is 6.92 Å². The van der Waals surface area contributed by atoms with Crippen molar-refractivity contribution in [1.82, 2.24) is 5.32 Å². The van der Waals surface area contributed by atoms with Crippen molar-refractivity contribution in [3.63, 3.8) is 0 Å². The summed E-state index contributed by atoms with van der Waals surface area (Å²) in [5.74, 6) is 0.454. The topological polar surface area (TPSA) is 29.1 Å². The Balaban J connectivity index is 2.49. The zero-order chi connectivity index (χ0) is 7.56. The van der Waals surface area contributed by atoms with Crippen LogP contribution in [0, 0.1) is 5.92 Å². The van der Waals surface area contributed by atoms with Crippen LogP contribution in [0.4, 0.5) is 0 Å². The Labute approximate surface area is 62.0 Å². The molecule has 1 rings (SSSR count). The second-order valence-corrected chi connectivity index (χ2v) is 3.24. The van der Waals surface area contributed by atoms with Gasteiger partial charge in [-0.2, -0.15) is 0 Å². The predicted molar refractivity (Wildman–Crippen MR) is 40.6 cm³/mol. The lowest BCUT2D eigenvalue weighted by atomic mass is 10.1. The van der Waals surface area contributed by atoms with Crippen LogP contribution in [0.25, 0.3) is 0 Å². The molecule has 1 aliphatic heterocycles. The molecule has 0 bridgehead atoms. The largest absolute Gasteiger partial charge is 0.353 e. The molecule has 0 spiro atoms. The Hall–Kier alpha value is -0.530. The number of amides is 1. The van der Waals surface area contributed by atoms with Crippen molar-refractivity contribution in [3.8, 4) is 0 Å². The fourth-order valence-electron chi connectivity index (χ4n) is 1.32. The van der Waals surface area contributed by atoms with E-state index in [1.165, 1.54) is 6.42 Å². The maximum Gasteiger partial charge on any atom is 0.223 e. The van der Waals surface area contributed by atoms with E-state index in [0.717, 1.165) is 12.8 Å². The molecular formula is C8H15NO. The smallest absolute Gasteiger partial charge is 0.223 e. The van der Waals surface area contributed by atoms with Crippen molar-refractivity contribution in [2.24, 2.45) is 5.92 Å². The third-order valence-corrected chi connectivity index (χ3v) is 2.11. The lowest BCUT2D eigenvalue weighted by Crippen LogP contribution is -2.33. The van der Waals surface area contributed by atoms with Crippen LogP contribution in [0.1, 0.15) is 33.1 Å². The first-order valence-electron chi connectivity index (χ1n) is 4.00. The summed E-state index contributed by atoms with van der Waals surface area (Å²) in [6.07, 6.45) is 3.37. The molecule has 2 nitrogen and oxygen atoms in total. The molecule has 2 heteroatoms. The van der Waals surface area contributed by atoms with Crippen molar-refractivity contribution in [2.45, 2.75) is 39.2 Å². The number of nitrogens with one attached hydrogen (secondary N) is 1. The lowest BCUT2D eigenvalue weighted by Gasteiger charge is -2.09. The molecule has 0 aromatic carbocycles. The van der Waals surface area contributed by atoms with Crippen molar-refractivity contribution in [3.05, 3.63) is 0 Å². The van der Waals surface area contributed by atoms with E-state index in [4.69, 9.17) is 0 Å². The average molecular weight is 141 g/mol. The minimum Gasteiger partial charge on any atom is -0.353 e. The van der Waals surface area contributed by atoms with E-state index in [0.29, 0.717) is 6.04 Å². The maximum atomic E-state index is 11.1. The van der Waals surface area contributed by atoms with E-state index in [2.05, 4.69) is 12.2 Å². The average Bonchev–Trinajstić information content (AvgIpc) is 1.96. The van der Waals surface area contributed by atoms with Gasteiger partial charge in [0.15, 0.2) is 0 Å². The van der Waals surface area contributed by atoms with Crippen molar-refractivity contribution in [1.29, 1.82) is 0 Å². The van der Waals surface area contributed by atoms with Gasteiger partial charge in [-0.05, 0) is 19.8 Å². The van der Waals surface area contributed by atoms with Gasteiger partial charge in [0.2, 0.25) is 5.91 Å². The first-order valence-corrected chi connectivity index (χ1v) is 4.00. The zero-order valence-electron chi connectivity index (χ0n) is 6.68. The number of carbonyl (C=O) groups is 1. The van der Waals surface area contributed by atoms with E-state index < -0.39 is 0 Å². The van der Waals surface area contributed by atoms with Gasteiger partial charge in [-0.1, -0.05) is 13.3 Å². The predicted octanol–water partition coefficient (Wildman–Crippen LogP) is 1.31. The number of hydrogen-bond donors (Lipinski definition) is 1. The summed E-state index contributed by atoms with van der Waals surface area (Å²) in [6, 6.07) is 0.387. The van der Waals surface area contributed by atoms with Gasteiger partial charge in [-0.25, -0.2) is 0 Å². The summed E-state index contributed by atoms with van der Waals surface area (Å²) >= 11 is 0. The van der Waals surface area contributed by atoms with Crippen LogP contribution in [0.15, 0.2) is 0 Å². The standard InChI is InChI=1S/C8H15NO/c1-6-4-3-5-7(2)9-8(6)10/h6-7H,3-5H2,1-2H3,(H,9,10)/t6-,7-/m0/s1. The van der Waals surface area contributed by atoms with Gasteiger partial charge < -0.3 is 5.32 Å². The van der Waals surface area contributed by atoms with E-state index in [1.54, 1.807) is 0 Å². The highest BCUT2D eigenvalue weighted by atomic mass is 16.1. The molecule has 0 aromatic heterocycles. The van der Waals surface area contributed by atoms with Gasteiger partial charge in [0, 0.05) is 12.0 Å². The minimum atomic E-state index is 0.227. The van der Waals surface area contributed by atoms with Gasteiger partial charge in [0.25, 0.3) is 0 Å². The summed E-state index contributed by atoms with van der Waals surface area (Å²) in [7, 11) is 0. The summed E-state index contributed by atoms with van der Waals surface area (Å²) < 4.78 is 0. The van der Waals surface area contributed by atoms with Gasteiger partial charge >= 0.3 is 0 Å². The highest BCUT2D eigenvalue weighted by molar-refractivity contribution is 5.78. The minimum absolute atomic E-state index is 0.227. The molecule has 0 saturated carbocycles. The molecule has 1 heterocycles.